The normalized spacial score (nSPS) is 14.2. The maximum absolute atomic E-state index is 6.10. The molecule has 2 aromatic rings. The molecule has 0 fully saturated rings. The molecule has 3 nitrogen and oxygen atoms in total. The lowest BCUT2D eigenvalue weighted by Gasteiger charge is -2.19. The van der Waals surface area contributed by atoms with Gasteiger partial charge in [0, 0.05) is 22.1 Å². The Hall–Kier alpha value is -0.870. The number of rotatable bonds is 1. The van der Waals surface area contributed by atoms with E-state index in [-0.39, 0.29) is 11.5 Å². The van der Waals surface area contributed by atoms with Crippen LogP contribution < -0.4 is 5.73 Å². The van der Waals surface area contributed by atoms with E-state index in [4.69, 9.17) is 10.7 Å². The van der Waals surface area contributed by atoms with Crippen LogP contribution in [0.4, 0.5) is 0 Å². The molecule has 0 radical (unpaired) electrons. The summed E-state index contributed by atoms with van der Waals surface area (Å²) < 4.78 is 3.11. The summed E-state index contributed by atoms with van der Waals surface area (Å²) >= 11 is 3.49. The topological polar surface area (TPSA) is 43.3 Å². The van der Waals surface area contributed by atoms with Crippen molar-refractivity contribution in [3.05, 3.63) is 34.2 Å². The largest absolute Gasteiger partial charge is 0.323 e. The van der Waals surface area contributed by atoms with Gasteiger partial charge < -0.3 is 10.1 Å². The van der Waals surface area contributed by atoms with E-state index < -0.39 is 0 Å². The smallest absolute Gasteiger partial charge is 0.137 e. The minimum absolute atomic E-state index is 0.00145. The van der Waals surface area contributed by atoms with Gasteiger partial charge in [-0.2, -0.15) is 0 Å². The Kier molecular flexibility index (Phi) is 3.04. The van der Waals surface area contributed by atoms with Gasteiger partial charge in [-0.25, -0.2) is 4.98 Å². The van der Waals surface area contributed by atoms with E-state index in [1.54, 1.807) is 0 Å². The monoisotopic (exact) mass is 295 g/mol. The van der Waals surface area contributed by atoms with Crippen molar-refractivity contribution in [2.75, 3.05) is 0 Å². The zero-order chi connectivity index (χ0) is 12.8. The van der Waals surface area contributed by atoms with Crippen molar-refractivity contribution in [1.82, 2.24) is 9.38 Å². The highest BCUT2D eigenvalue weighted by molar-refractivity contribution is 9.10. The van der Waals surface area contributed by atoms with Gasteiger partial charge in [0.2, 0.25) is 0 Å². The van der Waals surface area contributed by atoms with E-state index in [0.29, 0.717) is 0 Å². The number of nitrogens with zero attached hydrogens (tertiary/aromatic N) is 2. The highest BCUT2D eigenvalue weighted by atomic mass is 79.9. The van der Waals surface area contributed by atoms with Crippen molar-refractivity contribution >= 4 is 21.6 Å². The van der Waals surface area contributed by atoms with E-state index in [1.165, 1.54) is 0 Å². The maximum Gasteiger partial charge on any atom is 0.137 e. The summed E-state index contributed by atoms with van der Waals surface area (Å²) in [5.74, 6) is 0. The van der Waals surface area contributed by atoms with E-state index in [0.717, 1.165) is 21.5 Å². The van der Waals surface area contributed by atoms with Crippen LogP contribution >= 0.6 is 15.9 Å². The second-order valence-corrected chi connectivity index (χ2v) is 6.38. The Labute approximate surface area is 110 Å². The van der Waals surface area contributed by atoms with Crippen LogP contribution in [0.3, 0.4) is 0 Å². The van der Waals surface area contributed by atoms with Gasteiger partial charge in [-0.05, 0) is 35.0 Å². The molecule has 0 bridgehead atoms. The molecule has 2 aromatic heterocycles. The predicted octanol–water partition coefficient (Wildman–Crippen LogP) is 3.41. The first-order valence-electron chi connectivity index (χ1n) is 5.74. The van der Waals surface area contributed by atoms with Crippen LogP contribution in [0.15, 0.2) is 22.8 Å². The molecule has 2 N–H and O–H groups in total. The maximum atomic E-state index is 6.10. The van der Waals surface area contributed by atoms with Crippen molar-refractivity contribution in [3.8, 4) is 0 Å². The second kappa shape index (κ2) is 4.10. The summed E-state index contributed by atoms with van der Waals surface area (Å²) in [7, 11) is 0. The average Bonchev–Trinajstić information content (AvgIpc) is 2.55. The molecule has 92 valence electrons. The fourth-order valence-electron chi connectivity index (χ4n) is 2.02. The van der Waals surface area contributed by atoms with E-state index in [9.17, 15) is 0 Å². The summed E-state index contributed by atoms with van der Waals surface area (Å²) in [6.45, 7) is 8.49. The van der Waals surface area contributed by atoms with E-state index in [2.05, 4.69) is 41.1 Å². The van der Waals surface area contributed by atoms with Crippen LogP contribution in [0.1, 0.15) is 45.1 Å². The predicted molar refractivity (Wildman–Crippen MR) is 74.2 cm³/mol. The number of pyridine rings is 1. The molecule has 1 unspecified atom stereocenters. The average molecular weight is 296 g/mol. The molecule has 0 aliphatic rings. The third-order valence-corrected chi connectivity index (χ3v) is 3.23. The minimum atomic E-state index is -0.0338. The number of hydrogen-bond acceptors (Lipinski definition) is 2. The molecule has 0 aromatic carbocycles. The molecule has 0 saturated heterocycles. The molecule has 0 aliphatic heterocycles. The van der Waals surface area contributed by atoms with Crippen molar-refractivity contribution in [2.24, 2.45) is 5.73 Å². The lowest BCUT2D eigenvalue weighted by Crippen LogP contribution is -2.19. The van der Waals surface area contributed by atoms with Crippen LogP contribution in [-0.2, 0) is 5.41 Å². The van der Waals surface area contributed by atoms with Crippen molar-refractivity contribution in [1.29, 1.82) is 0 Å². The van der Waals surface area contributed by atoms with Crippen LogP contribution in [0.5, 0.6) is 0 Å². The second-order valence-electron chi connectivity index (χ2n) is 5.46. The first-order chi connectivity index (χ1) is 7.80. The van der Waals surface area contributed by atoms with Crippen LogP contribution in [-0.4, -0.2) is 9.38 Å². The van der Waals surface area contributed by atoms with Crippen LogP contribution in [0.2, 0.25) is 0 Å². The van der Waals surface area contributed by atoms with Crippen LogP contribution in [0.25, 0.3) is 5.65 Å². The Morgan fingerprint density at radius 1 is 1.35 bits per heavy atom. The van der Waals surface area contributed by atoms with Crippen LogP contribution in [0, 0.1) is 0 Å². The van der Waals surface area contributed by atoms with Gasteiger partial charge in [-0.15, -0.1) is 0 Å². The number of imidazole rings is 1. The lowest BCUT2D eigenvalue weighted by atomic mass is 9.89. The highest BCUT2D eigenvalue weighted by Gasteiger charge is 2.25. The first kappa shape index (κ1) is 12.6. The SMILES string of the molecule is CC(N)c1c(C(C)(C)C)nc2ccc(Br)cn12. The summed E-state index contributed by atoms with van der Waals surface area (Å²) in [5.41, 5.74) is 9.21. The third kappa shape index (κ3) is 2.24. The molecular weight excluding hydrogens is 278 g/mol. The summed E-state index contributed by atoms with van der Waals surface area (Å²) in [6, 6.07) is 3.97. The lowest BCUT2D eigenvalue weighted by molar-refractivity contribution is 0.555. The van der Waals surface area contributed by atoms with E-state index >= 15 is 0 Å². The zero-order valence-corrected chi connectivity index (χ0v) is 12.2. The number of fused-ring (bicyclic) bond motifs is 1. The summed E-state index contributed by atoms with van der Waals surface area (Å²) in [5, 5.41) is 0. The number of aromatic nitrogens is 2. The van der Waals surface area contributed by atoms with Gasteiger partial charge in [0.1, 0.15) is 5.65 Å². The van der Waals surface area contributed by atoms with Crippen molar-refractivity contribution in [3.63, 3.8) is 0 Å². The highest BCUT2D eigenvalue weighted by Crippen LogP contribution is 2.30. The van der Waals surface area contributed by atoms with Gasteiger partial charge in [0.15, 0.2) is 0 Å². The molecule has 1 atom stereocenters. The number of halogens is 1. The molecular formula is C13H18BrN3. The molecule has 0 aliphatic carbocycles. The first-order valence-corrected chi connectivity index (χ1v) is 6.53. The molecule has 0 spiro atoms. The molecule has 2 rings (SSSR count). The summed E-state index contributed by atoms with van der Waals surface area (Å²) in [6.07, 6.45) is 2.02. The Balaban J connectivity index is 2.81. The third-order valence-electron chi connectivity index (χ3n) is 2.76. The van der Waals surface area contributed by atoms with E-state index in [1.807, 2.05) is 25.3 Å². The Morgan fingerprint density at radius 2 is 2.00 bits per heavy atom. The fraction of sp³-hybridized carbons (Fsp3) is 0.462. The molecule has 0 amide bonds. The minimum Gasteiger partial charge on any atom is -0.323 e. The van der Waals surface area contributed by atoms with Crippen molar-refractivity contribution < 1.29 is 0 Å². The summed E-state index contributed by atoms with van der Waals surface area (Å²) in [4.78, 5) is 4.71. The molecule has 4 heteroatoms. The van der Waals surface area contributed by atoms with Crippen molar-refractivity contribution in [2.45, 2.75) is 39.2 Å². The van der Waals surface area contributed by atoms with Gasteiger partial charge in [0.25, 0.3) is 0 Å². The van der Waals surface area contributed by atoms with Gasteiger partial charge in [-0.1, -0.05) is 20.8 Å². The number of hydrogen-bond donors (Lipinski definition) is 1. The zero-order valence-electron chi connectivity index (χ0n) is 10.7. The van der Waals surface area contributed by atoms with Gasteiger partial charge >= 0.3 is 0 Å². The quantitative estimate of drug-likeness (QED) is 0.876. The Morgan fingerprint density at radius 3 is 2.53 bits per heavy atom. The standard InChI is InChI=1S/C13H18BrN3/c1-8(15)11-12(13(2,3)4)16-10-6-5-9(14)7-17(10)11/h5-8H,15H2,1-4H3. The molecule has 17 heavy (non-hydrogen) atoms. The number of nitrogens with two attached hydrogens (primary N) is 1. The molecule has 0 saturated carbocycles. The van der Waals surface area contributed by atoms with Gasteiger partial charge in [-0.3, -0.25) is 0 Å². The molecule has 2 heterocycles. The van der Waals surface area contributed by atoms with Gasteiger partial charge in [0.05, 0.1) is 11.4 Å². The Bertz CT molecular complexity index is 550. The fourth-order valence-corrected chi connectivity index (χ4v) is 2.36.